The first kappa shape index (κ1) is 23.1. The van der Waals surface area contributed by atoms with Gasteiger partial charge in [-0.2, -0.15) is 0 Å². The Morgan fingerprint density at radius 2 is 1.89 bits per heavy atom. The van der Waals surface area contributed by atoms with Crippen LogP contribution in [0.2, 0.25) is 0 Å². The monoisotopic (exact) mass is 488 g/mol. The van der Waals surface area contributed by atoms with Crippen LogP contribution in [0.4, 0.5) is 4.39 Å². The summed E-state index contributed by atoms with van der Waals surface area (Å²) < 4.78 is 19.0. The summed E-state index contributed by atoms with van der Waals surface area (Å²) in [5.74, 6) is -4.38. The van der Waals surface area contributed by atoms with Crippen LogP contribution in [0.15, 0.2) is 64.9 Å². The SMILES string of the molecule is C/C(=C/Cc1cccc2c(C(=O)c3oc(C(=O)O)c(-c4c[nH]c5cc(F)ccc45)c3O)c[nH]c12)CO. The standard InChI is InChI=1S/C27H21FN2O6/c1-13(12-31)5-6-14-3-2-4-17-19(11-30-22(14)17)23(32)26-24(33)21(25(36-26)27(34)35)18-10-29-20-9-15(28)7-8-16(18)20/h2-5,7-11,29-31,33H,6,12H2,1H3,(H,34,35)/b13-5-. The molecule has 0 saturated heterocycles. The predicted octanol–water partition coefficient (Wildman–Crippen LogP) is 5.16. The molecule has 0 radical (unpaired) electrons. The third kappa shape index (κ3) is 3.75. The number of H-pyrrole nitrogens is 2. The van der Waals surface area contributed by atoms with Gasteiger partial charge >= 0.3 is 5.97 Å². The topological polar surface area (TPSA) is 140 Å². The predicted molar refractivity (Wildman–Crippen MR) is 131 cm³/mol. The van der Waals surface area contributed by atoms with Crippen LogP contribution in [-0.4, -0.2) is 43.6 Å². The first-order valence-corrected chi connectivity index (χ1v) is 11.1. The summed E-state index contributed by atoms with van der Waals surface area (Å²) in [6.45, 7) is 1.76. The van der Waals surface area contributed by atoms with E-state index in [2.05, 4.69) is 9.97 Å². The van der Waals surface area contributed by atoms with Crippen LogP contribution in [0.25, 0.3) is 32.9 Å². The van der Waals surface area contributed by atoms with Gasteiger partial charge in [0.2, 0.25) is 17.3 Å². The van der Waals surface area contributed by atoms with Crippen LogP contribution in [0, 0.1) is 5.82 Å². The molecule has 8 nitrogen and oxygen atoms in total. The first-order chi connectivity index (χ1) is 17.3. The minimum Gasteiger partial charge on any atom is -0.504 e. The molecule has 0 bridgehead atoms. The van der Waals surface area contributed by atoms with Crippen LogP contribution >= 0.6 is 0 Å². The van der Waals surface area contributed by atoms with Crippen LogP contribution in [0.3, 0.4) is 0 Å². The number of furan rings is 1. The molecule has 3 aromatic heterocycles. The van der Waals surface area contributed by atoms with Gasteiger partial charge in [-0.25, -0.2) is 9.18 Å². The van der Waals surface area contributed by atoms with Gasteiger partial charge < -0.3 is 29.7 Å². The van der Waals surface area contributed by atoms with Crippen molar-refractivity contribution in [3.8, 4) is 16.9 Å². The molecule has 5 N–H and O–H groups in total. The average molecular weight is 488 g/mol. The lowest BCUT2D eigenvalue weighted by molar-refractivity contribution is 0.0661. The maximum absolute atomic E-state index is 13.6. The number of benzene rings is 2. The Labute approximate surface area is 203 Å². The Bertz CT molecular complexity index is 1690. The van der Waals surface area contributed by atoms with Crippen LogP contribution in [0.1, 0.15) is 39.2 Å². The van der Waals surface area contributed by atoms with E-state index < -0.39 is 34.8 Å². The van der Waals surface area contributed by atoms with Gasteiger partial charge in [0.1, 0.15) is 5.82 Å². The number of aliphatic hydroxyl groups is 1. The summed E-state index contributed by atoms with van der Waals surface area (Å²) >= 11 is 0. The van der Waals surface area contributed by atoms with E-state index in [1.54, 1.807) is 12.1 Å². The number of aromatic carboxylic acids is 1. The number of halogens is 1. The zero-order valence-corrected chi connectivity index (χ0v) is 19.1. The van der Waals surface area contributed by atoms with E-state index in [0.717, 1.165) is 11.1 Å². The number of aromatic hydroxyl groups is 1. The smallest absolute Gasteiger partial charge is 0.372 e. The number of aromatic amines is 2. The summed E-state index contributed by atoms with van der Waals surface area (Å²) in [6.07, 6.45) is 5.32. The van der Waals surface area contributed by atoms with E-state index in [1.165, 1.54) is 30.6 Å². The molecule has 0 amide bonds. The highest BCUT2D eigenvalue weighted by Gasteiger charge is 2.32. The highest BCUT2D eigenvalue weighted by Crippen LogP contribution is 2.42. The lowest BCUT2D eigenvalue weighted by Crippen LogP contribution is -1.99. The second-order valence-corrected chi connectivity index (χ2v) is 8.47. The number of nitrogens with one attached hydrogen (secondary N) is 2. The van der Waals surface area contributed by atoms with Gasteiger partial charge in [0.15, 0.2) is 5.75 Å². The van der Waals surface area contributed by atoms with E-state index in [0.29, 0.717) is 28.2 Å². The zero-order valence-electron chi connectivity index (χ0n) is 19.1. The number of ketones is 1. The number of carbonyl (C=O) groups is 2. The lowest BCUT2D eigenvalue weighted by atomic mass is 10.0. The van der Waals surface area contributed by atoms with Gasteiger partial charge in [0.25, 0.3) is 0 Å². The molecule has 0 atom stereocenters. The maximum atomic E-state index is 13.6. The Hall–Kier alpha value is -4.63. The number of hydrogen-bond acceptors (Lipinski definition) is 5. The number of para-hydroxylation sites is 1. The fourth-order valence-corrected chi connectivity index (χ4v) is 4.33. The summed E-state index contributed by atoms with van der Waals surface area (Å²) in [5, 5.41) is 31.0. The number of carboxylic acids is 1. The van der Waals surface area contributed by atoms with Crippen LogP contribution < -0.4 is 0 Å². The second-order valence-electron chi connectivity index (χ2n) is 8.47. The van der Waals surface area contributed by atoms with E-state index >= 15 is 0 Å². The van der Waals surface area contributed by atoms with Gasteiger partial charge in [0, 0.05) is 39.8 Å². The normalized spacial score (nSPS) is 12.0. The summed E-state index contributed by atoms with van der Waals surface area (Å²) in [5.41, 5.74) is 3.08. The molecule has 0 fully saturated rings. The summed E-state index contributed by atoms with van der Waals surface area (Å²) in [7, 11) is 0. The van der Waals surface area contributed by atoms with Crippen molar-refractivity contribution in [2.45, 2.75) is 13.3 Å². The van der Waals surface area contributed by atoms with Gasteiger partial charge in [0.05, 0.1) is 17.7 Å². The number of allylic oxidation sites excluding steroid dienone is 1. The van der Waals surface area contributed by atoms with E-state index in [-0.39, 0.29) is 23.3 Å². The molecule has 0 unspecified atom stereocenters. The van der Waals surface area contributed by atoms with E-state index in [1.807, 2.05) is 19.1 Å². The number of rotatable bonds is 7. The molecule has 0 aliphatic heterocycles. The second kappa shape index (κ2) is 8.86. The number of carbonyl (C=O) groups excluding carboxylic acids is 1. The number of fused-ring (bicyclic) bond motifs is 2. The van der Waals surface area contributed by atoms with Crippen molar-refractivity contribution in [2.24, 2.45) is 0 Å². The van der Waals surface area contributed by atoms with Crippen molar-refractivity contribution < 1.29 is 33.7 Å². The maximum Gasteiger partial charge on any atom is 0.372 e. The largest absolute Gasteiger partial charge is 0.504 e. The number of carboxylic acid groups (broad SMARTS) is 1. The molecule has 3 heterocycles. The van der Waals surface area contributed by atoms with Crippen molar-refractivity contribution in [1.29, 1.82) is 0 Å². The lowest BCUT2D eigenvalue weighted by Gasteiger charge is -2.02. The molecule has 0 aliphatic carbocycles. The van der Waals surface area contributed by atoms with Crippen molar-refractivity contribution in [3.05, 3.63) is 88.9 Å². The van der Waals surface area contributed by atoms with Gasteiger partial charge in [-0.1, -0.05) is 29.8 Å². The molecule has 5 rings (SSSR count). The Morgan fingerprint density at radius 1 is 1.08 bits per heavy atom. The average Bonchev–Trinajstić information content (AvgIpc) is 3.56. The molecular formula is C27H21FN2O6. The quantitative estimate of drug-likeness (QED) is 0.158. The van der Waals surface area contributed by atoms with Gasteiger partial charge in [-0.05, 0) is 37.1 Å². The van der Waals surface area contributed by atoms with Crippen LogP contribution in [-0.2, 0) is 6.42 Å². The molecule has 0 spiro atoms. The summed E-state index contributed by atoms with van der Waals surface area (Å²) in [4.78, 5) is 31.4. The van der Waals surface area contributed by atoms with Crippen molar-refractivity contribution in [3.63, 3.8) is 0 Å². The fraction of sp³-hybridized carbons (Fsp3) is 0.111. The molecule has 5 aromatic rings. The molecule has 0 aliphatic rings. The van der Waals surface area contributed by atoms with Crippen molar-refractivity contribution >= 4 is 33.6 Å². The van der Waals surface area contributed by atoms with Gasteiger partial charge in [-0.15, -0.1) is 0 Å². The number of aliphatic hydroxyl groups excluding tert-OH is 1. The minimum absolute atomic E-state index is 0.0537. The van der Waals surface area contributed by atoms with Crippen molar-refractivity contribution in [2.75, 3.05) is 6.61 Å². The van der Waals surface area contributed by atoms with E-state index in [4.69, 9.17) is 4.42 Å². The number of aromatic nitrogens is 2. The highest BCUT2D eigenvalue weighted by molar-refractivity contribution is 6.18. The summed E-state index contributed by atoms with van der Waals surface area (Å²) in [6, 6.07) is 9.31. The Balaban J connectivity index is 1.62. The third-order valence-corrected chi connectivity index (χ3v) is 6.16. The molecule has 0 saturated carbocycles. The Kier molecular flexibility index (Phi) is 5.69. The van der Waals surface area contributed by atoms with E-state index in [9.17, 15) is 29.3 Å². The molecular weight excluding hydrogens is 467 g/mol. The van der Waals surface area contributed by atoms with Crippen molar-refractivity contribution in [1.82, 2.24) is 9.97 Å². The zero-order chi connectivity index (χ0) is 25.6. The molecule has 36 heavy (non-hydrogen) atoms. The molecule has 182 valence electrons. The third-order valence-electron chi connectivity index (χ3n) is 6.16. The Morgan fingerprint density at radius 3 is 2.64 bits per heavy atom. The number of hydrogen-bond donors (Lipinski definition) is 5. The first-order valence-electron chi connectivity index (χ1n) is 11.1. The fourth-order valence-electron chi connectivity index (χ4n) is 4.33. The highest BCUT2D eigenvalue weighted by atomic mass is 19.1. The molecule has 9 heteroatoms. The van der Waals surface area contributed by atoms with Crippen LogP contribution in [0.5, 0.6) is 5.75 Å². The minimum atomic E-state index is -1.47. The molecule has 2 aromatic carbocycles. The van der Waals surface area contributed by atoms with Gasteiger partial charge in [-0.3, -0.25) is 4.79 Å².